The second-order valence-electron chi connectivity index (χ2n) is 6.31. The van der Waals surface area contributed by atoms with E-state index >= 15 is 0 Å². The summed E-state index contributed by atoms with van der Waals surface area (Å²) in [4.78, 5) is 0. The van der Waals surface area contributed by atoms with Gasteiger partial charge in [0.05, 0.1) is 26.2 Å². The third kappa shape index (κ3) is 1.63. The van der Waals surface area contributed by atoms with Gasteiger partial charge in [0, 0.05) is 5.41 Å². The lowest BCUT2D eigenvalue weighted by molar-refractivity contribution is -0.944. The van der Waals surface area contributed by atoms with Gasteiger partial charge in [0.2, 0.25) is 0 Å². The maximum absolute atomic E-state index is 2.43. The van der Waals surface area contributed by atoms with Gasteiger partial charge in [-0.25, -0.2) is 0 Å². The Bertz CT molecular complexity index is 169. The summed E-state index contributed by atoms with van der Waals surface area (Å²) in [5.41, 5.74) is 0.858. The lowest BCUT2D eigenvalue weighted by atomic mass is 9.70. The van der Waals surface area contributed by atoms with Crippen molar-refractivity contribution in [2.24, 2.45) is 5.41 Å². The minimum atomic E-state index is 0.392. The van der Waals surface area contributed by atoms with Crippen LogP contribution in [0.1, 0.15) is 47.0 Å². The molecule has 1 aliphatic heterocycles. The number of nitrogens with zero attached hydrogens (tertiary/aromatic N) is 1. The molecular formula is C12H26N+. The minimum absolute atomic E-state index is 0.392. The molecule has 1 heterocycles. The first-order valence-corrected chi connectivity index (χ1v) is 5.54. The average Bonchev–Trinajstić information content (AvgIpc) is 2.01. The van der Waals surface area contributed by atoms with E-state index in [0.29, 0.717) is 11.0 Å². The summed E-state index contributed by atoms with van der Waals surface area (Å²) >= 11 is 0. The summed E-state index contributed by atoms with van der Waals surface area (Å²) < 4.78 is 1.17. The van der Waals surface area contributed by atoms with E-state index in [0.717, 1.165) is 0 Å². The van der Waals surface area contributed by atoms with E-state index in [4.69, 9.17) is 0 Å². The molecule has 0 aromatic carbocycles. The Morgan fingerprint density at radius 3 is 2.00 bits per heavy atom. The molecule has 1 heteroatoms. The molecule has 0 aromatic rings. The molecule has 78 valence electrons. The molecule has 0 unspecified atom stereocenters. The molecule has 0 atom stereocenters. The van der Waals surface area contributed by atoms with Gasteiger partial charge in [0.15, 0.2) is 0 Å². The molecule has 0 aromatic heterocycles. The smallest absolute Gasteiger partial charge is 0.0982 e. The summed E-state index contributed by atoms with van der Waals surface area (Å²) in [5.74, 6) is 0. The van der Waals surface area contributed by atoms with Gasteiger partial charge in [-0.05, 0) is 33.1 Å². The van der Waals surface area contributed by atoms with Crippen LogP contribution < -0.4 is 0 Å². The zero-order valence-electron chi connectivity index (χ0n) is 10.3. The summed E-state index contributed by atoms with van der Waals surface area (Å²) in [6.45, 7) is 11.0. The fraction of sp³-hybridized carbons (Fsp3) is 1.00. The summed E-state index contributed by atoms with van der Waals surface area (Å²) in [7, 11) is 4.76. The highest BCUT2D eigenvalue weighted by Crippen LogP contribution is 2.44. The first kappa shape index (κ1) is 11.0. The fourth-order valence-electron chi connectivity index (χ4n) is 2.48. The van der Waals surface area contributed by atoms with Crippen LogP contribution in [0.5, 0.6) is 0 Å². The maximum Gasteiger partial charge on any atom is 0.0982 e. The molecule has 0 saturated carbocycles. The predicted molar refractivity (Wildman–Crippen MR) is 58.7 cm³/mol. The predicted octanol–water partition coefficient (Wildman–Crippen LogP) is 3.05. The van der Waals surface area contributed by atoms with Gasteiger partial charge in [-0.2, -0.15) is 0 Å². The highest BCUT2D eigenvalue weighted by Gasteiger charge is 2.49. The highest BCUT2D eigenvalue weighted by molar-refractivity contribution is 4.89. The Morgan fingerprint density at radius 2 is 1.46 bits per heavy atom. The van der Waals surface area contributed by atoms with Gasteiger partial charge in [-0.3, -0.25) is 0 Å². The molecule has 1 rings (SSSR count). The number of hydrogen-bond donors (Lipinski definition) is 0. The van der Waals surface area contributed by atoms with Crippen molar-refractivity contribution in [1.82, 2.24) is 0 Å². The molecule has 0 radical (unpaired) electrons. The van der Waals surface area contributed by atoms with Crippen LogP contribution >= 0.6 is 0 Å². The molecule has 1 saturated heterocycles. The van der Waals surface area contributed by atoms with Crippen LogP contribution in [-0.4, -0.2) is 30.7 Å². The molecule has 0 N–H and O–H groups in total. The van der Waals surface area contributed by atoms with Crippen molar-refractivity contribution < 1.29 is 4.48 Å². The fourth-order valence-corrected chi connectivity index (χ4v) is 2.48. The zero-order valence-corrected chi connectivity index (χ0v) is 10.3. The van der Waals surface area contributed by atoms with Gasteiger partial charge in [-0.15, -0.1) is 0 Å². The van der Waals surface area contributed by atoms with Gasteiger partial charge in [0.25, 0.3) is 0 Å². The number of likely N-dealkylation sites (tertiary alicyclic amines) is 1. The topological polar surface area (TPSA) is 0 Å². The van der Waals surface area contributed by atoms with E-state index in [2.05, 4.69) is 41.8 Å². The summed E-state index contributed by atoms with van der Waals surface area (Å²) in [6.07, 6.45) is 4.17. The third-order valence-electron chi connectivity index (χ3n) is 4.94. The monoisotopic (exact) mass is 184 g/mol. The molecule has 0 aliphatic carbocycles. The zero-order chi connectivity index (χ0) is 10.3. The number of rotatable bonds is 0. The van der Waals surface area contributed by atoms with Gasteiger partial charge in [0.1, 0.15) is 0 Å². The Morgan fingerprint density at radius 1 is 0.923 bits per heavy atom. The van der Waals surface area contributed by atoms with Crippen molar-refractivity contribution >= 4 is 0 Å². The van der Waals surface area contributed by atoms with Crippen LogP contribution in [0.4, 0.5) is 0 Å². The molecule has 0 amide bonds. The largest absolute Gasteiger partial charge is 0.324 e. The number of quaternary nitrogens is 1. The van der Waals surface area contributed by atoms with E-state index in [1.54, 1.807) is 0 Å². The van der Waals surface area contributed by atoms with Gasteiger partial charge in [-0.1, -0.05) is 13.8 Å². The van der Waals surface area contributed by atoms with Crippen LogP contribution in [0.2, 0.25) is 0 Å². The van der Waals surface area contributed by atoms with Crippen LogP contribution in [0, 0.1) is 5.41 Å². The average molecular weight is 184 g/mol. The lowest BCUT2D eigenvalue weighted by Gasteiger charge is -2.51. The van der Waals surface area contributed by atoms with Gasteiger partial charge < -0.3 is 4.48 Å². The van der Waals surface area contributed by atoms with E-state index < -0.39 is 0 Å². The van der Waals surface area contributed by atoms with Crippen LogP contribution in [0.15, 0.2) is 0 Å². The van der Waals surface area contributed by atoms with Crippen LogP contribution in [0.25, 0.3) is 0 Å². The van der Waals surface area contributed by atoms with E-state index in [1.807, 2.05) is 0 Å². The number of hydrogen-bond acceptors (Lipinski definition) is 0. The van der Waals surface area contributed by atoms with Crippen LogP contribution in [0.3, 0.4) is 0 Å². The molecular weight excluding hydrogens is 158 g/mol. The quantitative estimate of drug-likeness (QED) is 0.508. The van der Waals surface area contributed by atoms with Crippen molar-refractivity contribution in [3.8, 4) is 0 Å². The minimum Gasteiger partial charge on any atom is -0.324 e. The van der Waals surface area contributed by atoms with Crippen molar-refractivity contribution in [1.29, 1.82) is 0 Å². The Kier molecular flexibility index (Phi) is 2.53. The Balaban J connectivity index is 3.03. The molecule has 0 bridgehead atoms. The second-order valence-corrected chi connectivity index (χ2v) is 6.31. The third-order valence-corrected chi connectivity index (χ3v) is 4.94. The van der Waals surface area contributed by atoms with E-state index in [1.165, 1.54) is 30.3 Å². The SMILES string of the molecule is CC1(C)CCCC[N+](C)(C)C1(C)C. The summed E-state index contributed by atoms with van der Waals surface area (Å²) in [5, 5.41) is 0. The molecule has 0 spiro atoms. The first-order valence-electron chi connectivity index (χ1n) is 5.54. The first-order chi connectivity index (χ1) is 5.71. The maximum atomic E-state index is 2.43. The molecule has 1 aliphatic rings. The molecule has 1 fully saturated rings. The van der Waals surface area contributed by atoms with E-state index in [9.17, 15) is 0 Å². The van der Waals surface area contributed by atoms with Crippen molar-refractivity contribution in [3.63, 3.8) is 0 Å². The Hall–Kier alpha value is -0.0400. The molecule has 13 heavy (non-hydrogen) atoms. The second kappa shape index (κ2) is 2.98. The van der Waals surface area contributed by atoms with Crippen molar-refractivity contribution in [2.45, 2.75) is 52.5 Å². The standard InChI is InChI=1S/C12H26N/c1-11(2)9-7-8-10-13(5,6)12(11,3)4/h7-10H2,1-6H3/q+1. The highest BCUT2D eigenvalue weighted by atomic mass is 15.4. The lowest BCUT2D eigenvalue weighted by Crippen LogP contribution is -2.62. The van der Waals surface area contributed by atoms with Gasteiger partial charge >= 0.3 is 0 Å². The van der Waals surface area contributed by atoms with Crippen molar-refractivity contribution in [2.75, 3.05) is 20.6 Å². The van der Waals surface area contributed by atoms with Crippen molar-refractivity contribution in [3.05, 3.63) is 0 Å². The van der Waals surface area contributed by atoms with Crippen LogP contribution in [-0.2, 0) is 0 Å². The van der Waals surface area contributed by atoms with E-state index in [-0.39, 0.29) is 0 Å². The normalized spacial score (nSPS) is 30.9. The molecule has 1 nitrogen and oxygen atoms in total. The summed E-state index contributed by atoms with van der Waals surface area (Å²) in [6, 6.07) is 0. The Labute approximate surface area is 83.7 Å².